The summed E-state index contributed by atoms with van der Waals surface area (Å²) in [5.41, 5.74) is 6.20. The van der Waals surface area contributed by atoms with E-state index in [4.69, 9.17) is 19.9 Å². The van der Waals surface area contributed by atoms with Crippen LogP contribution in [0.3, 0.4) is 0 Å². The maximum Gasteiger partial charge on any atom is 0.344 e. The lowest BCUT2D eigenvalue weighted by Gasteiger charge is -2.12. The predicted octanol–water partition coefficient (Wildman–Crippen LogP) is 1.76. The Labute approximate surface area is 112 Å². The molecule has 1 aliphatic rings. The third-order valence-electron chi connectivity index (χ3n) is 3.01. The second-order valence-corrected chi connectivity index (χ2v) is 4.66. The zero-order valence-electron chi connectivity index (χ0n) is 11.0. The molecule has 5 heteroatoms. The van der Waals surface area contributed by atoms with Crippen LogP contribution in [0.5, 0.6) is 5.75 Å². The summed E-state index contributed by atoms with van der Waals surface area (Å²) in [4.78, 5) is 11.5. The van der Waals surface area contributed by atoms with Crippen molar-refractivity contribution in [2.75, 3.05) is 18.9 Å². The van der Waals surface area contributed by atoms with Gasteiger partial charge in [0.15, 0.2) is 6.61 Å². The lowest BCUT2D eigenvalue weighted by molar-refractivity contribution is -0.149. The first-order valence-corrected chi connectivity index (χ1v) is 6.43. The molecule has 19 heavy (non-hydrogen) atoms. The van der Waals surface area contributed by atoms with Gasteiger partial charge in [-0.2, -0.15) is 0 Å². The number of ether oxygens (including phenoxy) is 3. The van der Waals surface area contributed by atoms with Crippen molar-refractivity contribution < 1.29 is 19.0 Å². The number of nitrogens with two attached hydrogens (primary N) is 1. The fourth-order valence-corrected chi connectivity index (χ4v) is 1.98. The largest absolute Gasteiger partial charge is 0.480 e. The van der Waals surface area contributed by atoms with Crippen LogP contribution in [0.2, 0.25) is 0 Å². The Morgan fingerprint density at radius 1 is 1.42 bits per heavy atom. The zero-order chi connectivity index (χ0) is 13.7. The van der Waals surface area contributed by atoms with Crippen molar-refractivity contribution in [1.82, 2.24) is 0 Å². The molecule has 2 N–H and O–H groups in total. The molecular weight excluding hydrogens is 246 g/mol. The Bertz CT molecular complexity index is 435. The molecule has 1 aromatic rings. The molecule has 2 unspecified atom stereocenters. The Kier molecular flexibility index (Phi) is 4.63. The lowest BCUT2D eigenvalue weighted by Crippen LogP contribution is -2.22. The van der Waals surface area contributed by atoms with Gasteiger partial charge in [0.25, 0.3) is 0 Å². The van der Waals surface area contributed by atoms with E-state index < -0.39 is 5.97 Å². The number of esters is 1. The smallest absolute Gasteiger partial charge is 0.344 e. The van der Waals surface area contributed by atoms with E-state index in [1.165, 1.54) is 0 Å². The number of carbonyl (C=O) groups is 1. The van der Waals surface area contributed by atoms with E-state index in [-0.39, 0.29) is 25.4 Å². The minimum atomic E-state index is -0.411. The lowest BCUT2D eigenvalue weighted by atomic mass is 10.2. The summed E-state index contributed by atoms with van der Waals surface area (Å²) >= 11 is 0. The minimum Gasteiger partial charge on any atom is -0.480 e. The zero-order valence-corrected chi connectivity index (χ0v) is 11.0. The van der Waals surface area contributed by atoms with Gasteiger partial charge in [-0.25, -0.2) is 4.79 Å². The van der Waals surface area contributed by atoms with Crippen LogP contribution in [-0.4, -0.2) is 31.4 Å². The van der Waals surface area contributed by atoms with Gasteiger partial charge < -0.3 is 19.9 Å². The summed E-state index contributed by atoms with van der Waals surface area (Å²) in [6, 6.07) is 7.03. The standard InChI is InChI=1S/C14H19NO4/c1-10-6-7-11(19-10)8-18-14(16)9-17-13-5-3-2-4-12(13)15/h2-5,10-11H,6-9,15H2,1H3. The topological polar surface area (TPSA) is 70.8 Å². The van der Waals surface area contributed by atoms with E-state index in [0.29, 0.717) is 11.4 Å². The SMILES string of the molecule is CC1CCC(COC(=O)COc2ccccc2N)O1. The van der Waals surface area contributed by atoms with Gasteiger partial charge in [-0.3, -0.25) is 0 Å². The van der Waals surface area contributed by atoms with Gasteiger partial charge in [0, 0.05) is 0 Å². The first-order chi connectivity index (χ1) is 9.15. The summed E-state index contributed by atoms with van der Waals surface area (Å²) in [5, 5.41) is 0. The van der Waals surface area contributed by atoms with Crippen LogP contribution in [0.1, 0.15) is 19.8 Å². The van der Waals surface area contributed by atoms with E-state index in [1.54, 1.807) is 24.3 Å². The molecule has 1 fully saturated rings. The average Bonchev–Trinajstić information content (AvgIpc) is 2.81. The summed E-state index contributed by atoms with van der Waals surface area (Å²) in [5.74, 6) is 0.0802. The van der Waals surface area contributed by atoms with Crippen LogP contribution in [0, 0.1) is 0 Å². The normalized spacial score (nSPS) is 22.2. The highest BCUT2D eigenvalue weighted by atomic mass is 16.6. The van der Waals surface area contributed by atoms with E-state index >= 15 is 0 Å². The van der Waals surface area contributed by atoms with Gasteiger partial charge in [-0.15, -0.1) is 0 Å². The molecule has 0 aliphatic carbocycles. The van der Waals surface area contributed by atoms with Crippen LogP contribution < -0.4 is 10.5 Å². The second-order valence-electron chi connectivity index (χ2n) is 4.66. The van der Waals surface area contributed by atoms with Gasteiger partial charge in [0.2, 0.25) is 0 Å². The Morgan fingerprint density at radius 3 is 2.89 bits per heavy atom. The number of nitrogen functional groups attached to an aromatic ring is 1. The summed E-state index contributed by atoms with van der Waals surface area (Å²) in [7, 11) is 0. The molecule has 2 atom stereocenters. The molecule has 1 saturated heterocycles. The number of benzene rings is 1. The summed E-state index contributed by atoms with van der Waals surface area (Å²) in [6.07, 6.45) is 2.21. The number of carbonyl (C=O) groups excluding carboxylic acids is 1. The fraction of sp³-hybridized carbons (Fsp3) is 0.500. The van der Waals surface area contributed by atoms with Crippen LogP contribution in [-0.2, 0) is 14.3 Å². The third kappa shape index (κ3) is 4.13. The highest BCUT2D eigenvalue weighted by Gasteiger charge is 2.23. The first-order valence-electron chi connectivity index (χ1n) is 6.43. The van der Waals surface area contributed by atoms with Crippen molar-refractivity contribution in [3.8, 4) is 5.75 Å². The summed E-state index contributed by atoms with van der Waals surface area (Å²) < 4.78 is 16.0. The van der Waals surface area contributed by atoms with E-state index in [2.05, 4.69) is 0 Å². The van der Waals surface area contributed by atoms with E-state index in [1.807, 2.05) is 6.92 Å². The molecule has 0 aromatic heterocycles. The molecule has 104 valence electrons. The fourth-order valence-electron chi connectivity index (χ4n) is 1.98. The van der Waals surface area contributed by atoms with Crippen molar-refractivity contribution in [2.45, 2.75) is 32.0 Å². The van der Waals surface area contributed by atoms with Crippen molar-refractivity contribution in [1.29, 1.82) is 0 Å². The average molecular weight is 265 g/mol. The monoisotopic (exact) mass is 265 g/mol. The molecule has 0 radical (unpaired) electrons. The van der Waals surface area contributed by atoms with Crippen molar-refractivity contribution in [2.24, 2.45) is 0 Å². The number of hydrogen-bond acceptors (Lipinski definition) is 5. The highest BCUT2D eigenvalue weighted by Crippen LogP contribution is 2.20. The molecule has 5 nitrogen and oxygen atoms in total. The van der Waals surface area contributed by atoms with Crippen LogP contribution in [0.15, 0.2) is 24.3 Å². The van der Waals surface area contributed by atoms with E-state index in [0.717, 1.165) is 12.8 Å². The predicted molar refractivity (Wildman–Crippen MR) is 70.9 cm³/mol. The third-order valence-corrected chi connectivity index (χ3v) is 3.01. The van der Waals surface area contributed by atoms with Crippen LogP contribution >= 0.6 is 0 Å². The van der Waals surface area contributed by atoms with Gasteiger partial charge in [-0.05, 0) is 31.9 Å². The molecule has 0 amide bonds. The quantitative estimate of drug-likeness (QED) is 0.649. The molecule has 0 saturated carbocycles. The Balaban J connectivity index is 1.69. The Hall–Kier alpha value is -1.75. The number of para-hydroxylation sites is 2. The van der Waals surface area contributed by atoms with Crippen molar-refractivity contribution >= 4 is 11.7 Å². The molecule has 0 bridgehead atoms. The maximum atomic E-state index is 11.5. The van der Waals surface area contributed by atoms with Crippen molar-refractivity contribution in [3.63, 3.8) is 0 Å². The minimum absolute atomic E-state index is 0.0146. The molecule has 1 aromatic carbocycles. The van der Waals surface area contributed by atoms with Gasteiger partial charge in [0.05, 0.1) is 17.9 Å². The maximum absolute atomic E-state index is 11.5. The van der Waals surface area contributed by atoms with Gasteiger partial charge in [-0.1, -0.05) is 12.1 Å². The van der Waals surface area contributed by atoms with Crippen molar-refractivity contribution in [3.05, 3.63) is 24.3 Å². The summed E-state index contributed by atoms with van der Waals surface area (Å²) in [6.45, 7) is 2.16. The molecule has 2 rings (SSSR count). The second kappa shape index (κ2) is 6.43. The van der Waals surface area contributed by atoms with Crippen LogP contribution in [0.25, 0.3) is 0 Å². The Morgan fingerprint density at radius 2 is 2.21 bits per heavy atom. The number of rotatable bonds is 5. The first kappa shape index (κ1) is 13.7. The number of anilines is 1. The molecule has 1 aliphatic heterocycles. The van der Waals surface area contributed by atoms with E-state index in [9.17, 15) is 4.79 Å². The molecule has 0 spiro atoms. The van der Waals surface area contributed by atoms with Gasteiger partial charge >= 0.3 is 5.97 Å². The van der Waals surface area contributed by atoms with Gasteiger partial charge in [0.1, 0.15) is 12.4 Å². The number of hydrogen-bond donors (Lipinski definition) is 1. The molecular formula is C14H19NO4. The van der Waals surface area contributed by atoms with Crippen LogP contribution in [0.4, 0.5) is 5.69 Å². The highest BCUT2D eigenvalue weighted by molar-refractivity contribution is 5.71. The molecule has 1 heterocycles.